The van der Waals surface area contributed by atoms with E-state index in [-0.39, 0.29) is 5.91 Å². The lowest BCUT2D eigenvalue weighted by Crippen LogP contribution is -2.35. The Morgan fingerprint density at radius 1 is 1.50 bits per heavy atom. The van der Waals surface area contributed by atoms with Crippen molar-refractivity contribution >= 4 is 22.9 Å². The van der Waals surface area contributed by atoms with E-state index < -0.39 is 6.04 Å². The molecule has 0 saturated heterocycles. The van der Waals surface area contributed by atoms with E-state index in [4.69, 9.17) is 5.73 Å². The van der Waals surface area contributed by atoms with Gasteiger partial charge in [-0.3, -0.25) is 4.79 Å². The first kappa shape index (κ1) is 14.4. The van der Waals surface area contributed by atoms with Crippen molar-refractivity contribution in [2.24, 2.45) is 5.73 Å². The highest BCUT2D eigenvalue weighted by Gasteiger charge is 2.11. The van der Waals surface area contributed by atoms with Gasteiger partial charge in [-0.1, -0.05) is 18.2 Å². The van der Waals surface area contributed by atoms with Crippen molar-refractivity contribution in [1.82, 2.24) is 4.98 Å². The number of hydrogen-bond acceptors (Lipinski definition) is 4. The van der Waals surface area contributed by atoms with E-state index in [1.165, 1.54) is 0 Å². The number of anilines is 1. The summed E-state index contributed by atoms with van der Waals surface area (Å²) in [6, 6.07) is 7.01. The van der Waals surface area contributed by atoms with Crippen LogP contribution in [-0.4, -0.2) is 16.9 Å². The van der Waals surface area contributed by atoms with Crippen molar-refractivity contribution in [2.45, 2.75) is 19.4 Å². The lowest BCUT2D eigenvalue weighted by Gasteiger charge is -2.10. The molecule has 3 N–H and O–H groups in total. The minimum Gasteiger partial charge on any atom is -0.325 e. The molecule has 0 spiro atoms. The smallest absolute Gasteiger partial charge is 0.241 e. The number of benzene rings is 1. The average Bonchev–Trinajstić information content (AvgIpc) is 2.86. The summed E-state index contributed by atoms with van der Waals surface area (Å²) in [5.41, 5.74) is 8.42. The molecule has 104 valence electrons. The molecule has 2 aromatic rings. The van der Waals surface area contributed by atoms with E-state index in [1.54, 1.807) is 17.4 Å². The van der Waals surface area contributed by atoms with Gasteiger partial charge in [-0.15, -0.1) is 17.9 Å². The molecular formula is C15H17N3OS. The van der Waals surface area contributed by atoms with Gasteiger partial charge in [-0.2, -0.15) is 0 Å². The van der Waals surface area contributed by atoms with Crippen LogP contribution >= 0.6 is 11.3 Å². The minimum absolute atomic E-state index is 0.206. The molecule has 0 fully saturated rings. The standard InChI is InChI=1S/C15H17N3OS/c1-3-4-13(16)15(19)18-12-7-5-11(6-8-12)14-9-20-10(2)17-14/h3,5-9,13H,1,4,16H2,2H3,(H,18,19). The molecule has 0 aliphatic rings. The van der Waals surface area contributed by atoms with Crippen LogP contribution in [0, 0.1) is 6.92 Å². The SMILES string of the molecule is C=CCC(N)C(=O)Nc1ccc(-c2csc(C)n2)cc1. The van der Waals surface area contributed by atoms with Crippen molar-refractivity contribution in [2.75, 3.05) is 5.32 Å². The molecule has 0 radical (unpaired) electrons. The fraction of sp³-hybridized carbons (Fsp3) is 0.200. The number of hydrogen-bond donors (Lipinski definition) is 2. The highest BCUT2D eigenvalue weighted by atomic mass is 32.1. The second-order valence-electron chi connectivity index (χ2n) is 4.45. The van der Waals surface area contributed by atoms with Gasteiger partial charge in [0.15, 0.2) is 0 Å². The van der Waals surface area contributed by atoms with Gasteiger partial charge in [0.05, 0.1) is 16.7 Å². The second kappa shape index (κ2) is 6.45. The number of rotatable bonds is 5. The molecule has 1 unspecified atom stereocenters. The summed E-state index contributed by atoms with van der Waals surface area (Å²) < 4.78 is 0. The minimum atomic E-state index is -0.562. The Morgan fingerprint density at radius 3 is 2.75 bits per heavy atom. The third kappa shape index (κ3) is 3.53. The van der Waals surface area contributed by atoms with E-state index in [0.717, 1.165) is 22.0 Å². The largest absolute Gasteiger partial charge is 0.325 e. The maximum atomic E-state index is 11.8. The lowest BCUT2D eigenvalue weighted by atomic mass is 10.1. The van der Waals surface area contributed by atoms with Crippen molar-refractivity contribution in [1.29, 1.82) is 0 Å². The number of aromatic nitrogens is 1. The predicted molar refractivity (Wildman–Crippen MR) is 83.7 cm³/mol. The molecule has 4 nitrogen and oxygen atoms in total. The van der Waals surface area contributed by atoms with Crippen LogP contribution in [0.1, 0.15) is 11.4 Å². The number of nitrogens with one attached hydrogen (secondary N) is 1. The Labute approximate surface area is 122 Å². The maximum Gasteiger partial charge on any atom is 0.241 e. The number of carbonyl (C=O) groups excluding carboxylic acids is 1. The van der Waals surface area contributed by atoms with E-state index in [0.29, 0.717) is 6.42 Å². The zero-order chi connectivity index (χ0) is 14.5. The number of nitrogens with two attached hydrogens (primary N) is 1. The second-order valence-corrected chi connectivity index (χ2v) is 5.51. The highest BCUT2D eigenvalue weighted by Crippen LogP contribution is 2.23. The zero-order valence-corrected chi connectivity index (χ0v) is 12.1. The first-order valence-corrected chi connectivity index (χ1v) is 7.18. The molecule has 2 rings (SSSR count). The third-order valence-corrected chi connectivity index (χ3v) is 3.60. The fourth-order valence-electron chi connectivity index (χ4n) is 1.74. The highest BCUT2D eigenvalue weighted by molar-refractivity contribution is 7.09. The summed E-state index contributed by atoms with van der Waals surface area (Å²) in [7, 11) is 0. The van der Waals surface area contributed by atoms with Gasteiger partial charge in [-0.05, 0) is 25.5 Å². The van der Waals surface area contributed by atoms with E-state index in [1.807, 2.05) is 36.6 Å². The first-order chi connectivity index (χ1) is 9.60. The van der Waals surface area contributed by atoms with Crippen molar-refractivity contribution in [3.05, 3.63) is 47.3 Å². The van der Waals surface area contributed by atoms with Gasteiger partial charge < -0.3 is 11.1 Å². The van der Waals surface area contributed by atoms with Gasteiger partial charge in [0.2, 0.25) is 5.91 Å². The molecule has 0 bridgehead atoms. The first-order valence-electron chi connectivity index (χ1n) is 6.30. The summed E-state index contributed by atoms with van der Waals surface area (Å²) >= 11 is 1.62. The summed E-state index contributed by atoms with van der Waals surface area (Å²) in [5.74, 6) is -0.206. The summed E-state index contributed by atoms with van der Waals surface area (Å²) in [4.78, 5) is 16.2. The topological polar surface area (TPSA) is 68.0 Å². The lowest BCUT2D eigenvalue weighted by molar-refractivity contribution is -0.117. The van der Waals surface area contributed by atoms with Crippen molar-refractivity contribution < 1.29 is 4.79 Å². The average molecular weight is 287 g/mol. The molecule has 1 amide bonds. The van der Waals surface area contributed by atoms with Crippen LogP contribution in [0.2, 0.25) is 0 Å². The number of amides is 1. The summed E-state index contributed by atoms with van der Waals surface area (Å²) in [6.07, 6.45) is 2.10. The normalized spacial score (nSPS) is 11.9. The monoisotopic (exact) mass is 287 g/mol. The quantitative estimate of drug-likeness (QED) is 0.831. The Bertz CT molecular complexity index is 604. The van der Waals surface area contributed by atoms with E-state index in [2.05, 4.69) is 16.9 Å². The molecule has 0 aliphatic heterocycles. The molecule has 1 heterocycles. The Hall–Kier alpha value is -1.98. The third-order valence-electron chi connectivity index (χ3n) is 2.82. The van der Waals surface area contributed by atoms with Gasteiger partial charge in [-0.25, -0.2) is 4.98 Å². The van der Waals surface area contributed by atoms with Crippen LogP contribution < -0.4 is 11.1 Å². The van der Waals surface area contributed by atoms with E-state index >= 15 is 0 Å². The number of aryl methyl sites for hydroxylation is 1. The number of thiazole rings is 1. The van der Waals surface area contributed by atoms with Crippen LogP contribution in [-0.2, 0) is 4.79 Å². The van der Waals surface area contributed by atoms with Gasteiger partial charge in [0, 0.05) is 16.6 Å². The molecule has 1 aromatic heterocycles. The van der Waals surface area contributed by atoms with Crippen LogP contribution in [0.15, 0.2) is 42.3 Å². The molecule has 0 aliphatic carbocycles. The summed E-state index contributed by atoms with van der Waals surface area (Å²) in [6.45, 7) is 5.55. The van der Waals surface area contributed by atoms with Crippen LogP contribution in [0.5, 0.6) is 0 Å². The maximum absolute atomic E-state index is 11.8. The van der Waals surface area contributed by atoms with Crippen molar-refractivity contribution in [3.8, 4) is 11.3 Å². The molecule has 1 aromatic carbocycles. The molecule has 5 heteroatoms. The predicted octanol–water partition coefficient (Wildman–Crippen LogP) is 2.96. The zero-order valence-electron chi connectivity index (χ0n) is 11.3. The van der Waals surface area contributed by atoms with Gasteiger partial charge in [0.1, 0.15) is 0 Å². The van der Waals surface area contributed by atoms with Gasteiger partial charge in [0.25, 0.3) is 0 Å². The Balaban J connectivity index is 2.05. The van der Waals surface area contributed by atoms with Crippen molar-refractivity contribution in [3.63, 3.8) is 0 Å². The van der Waals surface area contributed by atoms with Crippen LogP contribution in [0.25, 0.3) is 11.3 Å². The fourth-order valence-corrected chi connectivity index (χ4v) is 2.36. The van der Waals surface area contributed by atoms with Gasteiger partial charge >= 0.3 is 0 Å². The number of carbonyl (C=O) groups is 1. The molecular weight excluding hydrogens is 270 g/mol. The molecule has 1 atom stereocenters. The summed E-state index contributed by atoms with van der Waals surface area (Å²) in [5, 5.41) is 5.83. The number of nitrogens with zero attached hydrogens (tertiary/aromatic N) is 1. The molecule has 20 heavy (non-hydrogen) atoms. The van der Waals surface area contributed by atoms with E-state index in [9.17, 15) is 4.79 Å². The Morgan fingerprint density at radius 2 is 2.20 bits per heavy atom. The molecule has 0 saturated carbocycles. The Kier molecular flexibility index (Phi) is 4.65. The van der Waals surface area contributed by atoms with Crippen LogP contribution in [0.3, 0.4) is 0 Å². The van der Waals surface area contributed by atoms with Crippen LogP contribution in [0.4, 0.5) is 5.69 Å².